The molecule has 0 atom stereocenters. The summed E-state index contributed by atoms with van der Waals surface area (Å²) in [7, 11) is 0. The molecule has 1 heterocycles. The van der Waals surface area contributed by atoms with E-state index in [1.54, 1.807) is 5.38 Å². The molecule has 0 aromatic carbocycles. The maximum atomic E-state index is 10.7. The summed E-state index contributed by atoms with van der Waals surface area (Å²) in [6.45, 7) is 1.82. The van der Waals surface area contributed by atoms with Crippen LogP contribution in [0.2, 0.25) is 0 Å². The molecule has 1 aromatic heterocycles. The summed E-state index contributed by atoms with van der Waals surface area (Å²) in [5.74, 6) is -0.329. The lowest BCUT2D eigenvalue weighted by molar-refractivity contribution is 0.106. The molecule has 1 N–H and O–H groups in total. The summed E-state index contributed by atoms with van der Waals surface area (Å²) in [5, 5.41) is 9.15. The van der Waals surface area contributed by atoms with Crippen molar-refractivity contribution in [2.75, 3.05) is 0 Å². The lowest BCUT2D eigenvalue weighted by atomic mass is 10.3. The number of hydrogen-bond donors (Lipinski definition) is 1. The number of aryl methyl sites for hydroxylation is 1. The van der Waals surface area contributed by atoms with Crippen LogP contribution in [0.1, 0.15) is 15.5 Å². The van der Waals surface area contributed by atoms with Gasteiger partial charge in [-0.05, 0) is 6.92 Å². The van der Waals surface area contributed by atoms with Crippen molar-refractivity contribution in [2.24, 2.45) is 0 Å². The highest BCUT2D eigenvalue weighted by atomic mass is 32.1. The van der Waals surface area contributed by atoms with Crippen LogP contribution in [0.5, 0.6) is 0 Å². The van der Waals surface area contributed by atoms with Crippen LogP contribution in [0, 0.1) is 12.3 Å². The zero-order valence-electron chi connectivity index (χ0n) is 5.42. The first kappa shape index (κ1) is 7.08. The third-order valence-corrected chi connectivity index (χ3v) is 1.78. The molecule has 0 unspecified atom stereocenters. The molecular weight excluding hydrogens is 148 g/mol. The zero-order chi connectivity index (χ0) is 7.56. The summed E-state index contributed by atoms with van der Waals surface area (Å²) in [5.41, 5.74) is 0.373. The topological polar surface area (TPSA) is 53.8 Å². The molecule has 52 valence electrons. The lowest BCUT2D eigenvalue weighted by Gasteiger charge is -1.81. The van der Waals surface area contributed by atoms with Crippen LogP contribution in [0.4, 0.5) is 0 Å². The molecule has 0 saturated heterocycles. The zero-order valence-corrected chi connectivity index (χ0v) is 6.23. The van der Waals surface area contributed by atoms with E-state index in [2.05, 4.69) is 4.98 Å². The lowest BCUT2D eigenvalue weighted by Crippen LogP contribution is -1.98. The average molecular weight is 154 g/mol. The van der Waals surface area contributed by atoms with E-state index >= 15 is 0 Å². The fourth-order valence-corrected chi connectivity index (χ4v) is 1.15. The van der Waals surface area contributed by atoms with E-state index in [0.29, 0.717) is 5.69 Å². The van der Waals surface area contributed by atoms with Gasteiger partial charge in [-0.2, -0.15) is 0 Å². The molecule has 4 heteroatoms. The first-order valence-electron chi connectivity index (χ1n) is 2.71. The minimum atomic E-state index is -0.329. The summed E-state index contributed by atoms with van der Waals surface area (Å²) >= 11 is 1.41. The highest BCUT2D eigenvalue weighted by Crippen LogP contribution is 2.07. The number of hydrogen-bond acceptors (Lipinski definition) is 4. The van der Waals surface area contributed by atoms with Gasteiger partial charge < -0.3 is 5.41 Å². The Labute approximate surface area is 62.2 Å². The standard InChI is InChI=1S/C6H6N2OS/c1-4-8-5(3-10-4)6(9)2-7/h2-3,7H,1H3. The number of ketones is 1. The van der Waals surface area contributed by atoms with Crippen LogP contribution < -0.4 is 0 Å². The number of rotatable bonds is 2. The van der Waals surface area contributed by atoms with Crippen LogP contribution in [-0.4, -0.2) is 17.0 Å². The van der Waals surface area contributed by atoms with E-state index in [9.17, 15) is 4.79 Å². The van der Waals surface area contributed by atoms with E-state index in [0.717, 1.165) is 11.2 Å². The first-order chi connectivity index (χ1) is 4.74. The van der Waals surface area contributed by atoms with Crippen molar-refractivity contribution < 1.29 is 4.79 Å². The molecule has 10 heavy (non-hydrogen) atoms. The minimum absolute atomic E-state index is 0.329. The Morgan fingerprint density at radius 3 is 3.00 bits per heavy atom. The molecule has 3 nitrogen and oxygen atoms in total. The highest BCUT2D eigenvalue weighted by Gasteiger charge is 2.04. The predicted octanol–water partition coefficient (Wildman–Crippen LogP) is 1.28. The SMILES string of the molecule is Cc1nc(C(=O)C=N)cs1. The van der Waals surface area contributed by atoms with Gasteiger partial charge >= 0.3 is 0 Å². The maximum Gasteiger partial charge on any atom is 0.222 e. The molecule has 1 aromatic rings. The monoisotopic (exact) mass is 154 g/mol. The summed E-state index contributed by atoms with van der Waals surface area (Å²) in [6, 6.07) is 0. The molecule has 0 saturated carbocycles. The summed E-state index contributed by atoms with van der Waals surface area (Å²) < 4.78 is 0. The fourth-order valence-electron chi connectivity index (χ4n) is 0.551. The van der Waals surface area contributed by atoms with E-state index in [1.807, 2.05) is 6.92 Å². The molecule has 1 rings (SSSR count). The highest BCUT2D eigenvalue weighted by molar-refractivity contribution is 7.09. The van der Waals surface area contributed by atoms with Gasteiger partial charge in [0.05, 0.1) is 11.2 Å². The minimum Gasteiger partial charge on any atom is -0.305 e. The van der Waals surface area contributed by atoms with E-state index in [4.69, 9.17) is 5.41 Å². The Morgan fingerprint density at radius 2 is 2.60 bits per heavy atom. The van der Waals surface area contributed by atoms with Gasteiger partial charge in [-0.25, -0.2) is 4.98 Å². The normalized spacial score (nSPS) is 9.30. The van der Waals surface area contributed by atoms with Gasteiger partial charge in [-0.3, -0.25) is 4.79 Å². The molecule has 0 aliphatic heterocycles. The van der Waals surface area contributed by atoms with Crippen molar-refractivity contribution >= 4 is 23.3 Å². The van der Waals surface area contributed by atoms with Crippen LogP contribution >= 0.6 is 11.3 Å². The molecular formula is C6H6N2OS. The molecule has 0 spiro atoms. The number of aromatic nitrogens is 1. The van der Waals surface area contributed by atoms with Crippen molar-refractivity contribution in [2.45, 2.75) is 6.92 Å². The van der Waals surface area contributed by atoms with Gasteiger partial charge in [0.2, 0.25) is 5.78 Å². The number of Topliss-reactive ketones (excluding diaryl/α,β-unsaturated/α-hetero) is 1. The smallest absolute Gasteiger partial charge is 0.222 e. The van der Waals surface area contributed by atoms with Crippen LogP contribution in [-0.2, 0) is 0 Å². The third kappa shape index (κ3) is 1.27. The molecule has 0 aliphatic rings. The van der Waals surface area contributed by atoms with Crippen LogP contribution in [0.25, 0.3) is 0 Å². The van der Waals surface area contributed by atoms with Crippen LogP contribution in [0.15, 0.2) is 5.38 Å². The number of nitrogens with zero attached hydrogens (tertiary/aromatic N) is 1. The van der Waals surface area contributed by atoms with Gasteiger partial charge in [0.15, 0.2) is 0 Å². The first-order valence-corrected chi connectivity index (χ1v) is 3.59. The van der Waals surface area contributed by atoms with Crippen molar-refractivity contribution in [3.8, 4) is 0 Å². The Bertz CT molecular complexity index is 266. The second-order valence-electron chi connectivity index (χ2n) is 1.76. The van der Waals surface area contributed by atoms with Crippen molar-refractivity contribution in [1.29, 1.82) is 5.41 Å². The van der Waals surface area contributed by atoms with Gasteiger partial charge in [0.25, 0.3) is 0 Å². The Morgan fingerprint density at radius 1 is 1.90 bits per heavy atom. The Kier molecular flexibility index (Phi) is 1.91. The van der Waals surface area contributed by atoms with E-state index in [-0.39, 0.29) is 5.78 Å². The number of thiazole rings is 1. The Balaban J connectivity index is 2.95. The van der Waals surface area contributed by atoms with Gasteiger partial charge in [0, 0.05) is 5.38 Å². The third-order valence-electron chi connectivity index (χ3n) is 1.00. The second kappa shape index (κ2) is 2.70. The number of carbonyl (C=O) groups excluding carboxylic acids is 1. The molecule has 0 fully saturated rings. The van der Waals surface area contributed by atoms with Crippen molar-refractivity contribution in [1.82, 2.24) is 4.98 Å². The van der Waals surface area contributed by atoms with E-state index in [1.165, 1.54) is 11.3 Å². The molecule has 0 radical (unpaired) electrons. The quantitative estimate of drug-likeness (QED) is 0.515. The van der Waals surface area contributed by atoms with Crippen molar-refractivity contribution in [3.63, 3.8) is 0 Å². The summed E-state index contributed by atoms with van der Waals surface area (Å²) in [4.78, 5) is 14.6. The number of carbonyl (C=O) groups is 1. The second-order valence-corrected chi connectivity index (χ2v) is 2.82. The molecule has 0 bridgehead atoms. The van der Waals surface area contributed by atoms with Gasteiger partial charge in [-0.15, -0.1) is 11.3 Å². The Hall–Kier alpha value is -1.03. The summed E-state index contributed by atoms with van der Waals surface area (Å²) in [6.07, 6.45) is 0.772. The maximum absolute atomic E-state index is 10.7. The molecule has 0 aliphatic carbocycles. The molecule has 0 amide bonds. The van der Waals surface area contributed by atoms with Gasteiger partial charge in [-0.1, -0.05) is 0 Å². The van der Waals surface area contributed by atoms with Crippen molar-refractivity contribution in [3.05, 3.63) is 16.1 Å². The van der Waals surface area contributed by atoms with Gasteiger partial charge in [0.1, 0.15) is 5.69 Å². The number of nitrogens with one attached hydrogen (secondary N) is 1. The predicted molar refractivity (Wildman–Crippen MR) is 40.0 cm³/mol. The average Bonchev–Trinajstić information content (AvgIpc) is 2.34. The largest absolute Gasteiger partial charge is 0.305 e. The van der Waals surface area contributed by atoms with Crippen LogP contribution in [0.3, 0.4) is 0 Å². The van der Waals surface area contributed by atoms with E-state index < -0.39 is 0 Å². The fraction of sp³-hybridized carbons (Fsp3) is 0.167.